The molecule has 10 heteroatoms. The summed E-state index contributed by atoms with van der Waals surface area (Å²) in [6, 6.07) is 3.64. The Morgan fingerprint density at radius 1 is 1.12 bits per heavy atom. The van der Waals surface area contributed by atoms with Gasteiger partial charge in [-0.2, -0.15) is 13.2 Å². The lowest BCUT2D eigenvalue weighted by atomic mass is 9.85. The maximum Gasteiger partial charge on any atom is 0.433 e. The molecule has 3 heterocycles. The molecular weight excluding hydrogens is 421 g/mol. The number of halogens is 3. The number of allylic oxidation sites excluding steroid dienone is 1. The fraction of sp³-hybridized carbons (Fsp3) is 0.409. The Morgan fingerprint density at radius 3 is 2.53 bits per heavy atom. The molecule has 1 aliphatic carbocycles. The van der Waals surface area contributed by atoms with E-state index in [4.69, 9.17) is 20.9 Å². The number of hydrogen-bond donors (Lipinski definition) is 3. The molecule has 3 aromatic rings. The number of nitrogens with two attached hydrogens (primary N) is 1. The quantitative estimate of drug-likeness (QED) is 0.535. The summed E-state index contributed by atoms with van der Waals surface area (Å²) in [5.41, 5.74) is 7.75. The summed E-state index contributed by atoms with van der Waals surface area (Å²) in [6.07, 6.45) is -0.864. The minimum atomic E-state index is -4.80. The van der Waals surface area contributed by atoms with Gasteiger partial charge in [-0.1, -0.05) is 0 Å². The number of alkyl halides is 3. The van der Waals surface area contributed by atoms with E-state index in [1.54, 1.807) is 6.07 Å². The number of aryl methyl sites for hydroxylation is 1. The van der Waals surface area contributed by atoms with Crippen molar-refractivity contribution in [1.29, 1.82) is 5.41 Å². The van der Waals surface area contributed by atoms with Crippen molar-refractivity contribution in [3.63, 3.8) is 0 Å². The van der Waals surface area contributed by atoms with Gasteiger partial charge in [-0.05, 0) is 48.9 Å². The van der Waals surface area contributed by atoms with Crippen molar-refractivity contribution in [2.45, 2.75) is 31.9 Å². The van der Waals surface area contributed by atoms with Crippen LogP contribution in [0.4, 0.5) is 19.1 Å². The molecular formula is C22H23F3N6O. The van der Waals surface area contributed by atoms with Crippen LogP contribution in [0.3, 0.4) is 0 Å². The van der Waals surface area contributed by atoms with E-state index >= 15 is 0 Å². The van der Waals surface area contributed by atoms with Crippen LogP contribution < -0.4 is 10.6 Å². The molecule has 0 atom stereocenters. The van der Waals surface area contributed by atoms with Gasteiger partial charge in [-0.15, -0.1) is 0 Å². The number of H-pyrrole nitrogens is 1. The van der Waals surface area contributed by atoms with Crippen LogP contribution >= 0.6 is 0 Å². The van der Waals surface area contributed by atoms with Crippen LogP contribution in [0.1, 0.15) is 29.7 Å². The van der Waals surface area contributed by atoms with Gasteiger partial charge >= 0.3 is 6.18 Å². The van der Waals surface area contributed by atoms with E-state index in [2.05, 4.69) is 14.9 Å². The van der Waals surface area contributed by atoms with Gasteiger partial charge in [0.2, 0.25) is 5.95 Å². The number of imidazole rings is 1. The average Bonchev–Trinajstić information content (AvgIpc) is 3.24. The molecule has 1 aromatic carbocycles. The van der Waals surface area contributed by atoms with Crippen LogP contribution in [0.15, 0.2) is 18.3 Å². The predicted molar refractivity (Wildman–Crippen MR) is 117 cm³/mol. The Kier molecular flexibility index (Phi) is 5.04. The van der Waals surface area contributed by atoms with Gasteiger partial charge in [0.1, 0.15) is 11.2 Å². The van der Waals surface area contributed by atoms with Gasteiger partial charge in [0.05, 0.1) is 29.9 Å². The third kappa shape index (κ3) is 3.38. The van der Waals surface area contributed by atoms with Crippen molar-refractivity contribution < 1.29 is 17.9 Å². The Balaban J connectivity index is 1.72. The number of rotatable bonds is 3. The summed E-state index contributed by atoms with van der Waals surface area (Å²) in [6.45, 7) is 2.75. The summed E-state index contributed by atoms with van der Waals surface area (Å²) in [5, 5.41) is 8.53. The van der Waals surface area contributed by atoms with Gasteiger partial charge < -0.3 is 20.4 Å². The number of benzene rings is 1. The zero-order valence-corrected chi connectivity index (χ0v) is 17.4. The summed E-state index contributed by atoms with van der Waals surface area (Å²) >= 11 is 0. The average molecular weight is 444 g/mol. The first-order chi connectivity index (χ1) is 15.4. The number of nitrogens with one attached hydrogen (secondary N) is 2. The van der Waals surface area contributed by atoms with E-state index < -0.39 is 11.9 Å². The molecule has 1 saturated heterocycles. The van der Waals surface area contributed by atoms with E-state index in [0.29, 0.717) is 25.2 Å². The predicted octanol–water partition coefficient (Wildman–Crippen LogP) is 3.71. The Morgan fingerprint density at radius 2 is 1.84 bits per heavy atom. The molecule has 2 aromatic heterocycles. The molecule has 4 N–H and O–H groups in total. The highest BCUT2D eigenvalue weighted by Crippen LogP contribution is 2.38. The Labute approximate surface area is 182 Å². The molecule has 0 spiro atoms. The number of morpholine rings is 1. The Hall–Kier alpha value is -3.14. The van der Waals surface area contributed by atoms with Gasteiger partial charge in [0.25, 0.3) is 0 Å². The minimum Gasteiger partial charge on any atom is -0.404 e. The molecule has 0 saturated carbocycles. The third-order valence-corrected chi connectivity index (χ3v) is 6.19. The van der Waals surface area contributed by atoms with E-state index in [1.165, 1.54) is 0 Å². The van der Waals surface area contributed by atoms with E-state index in [-0.39, 0.29) is 11.3 Å². The van der Waals surface area contributed by atoms with Crippen LogP contribution in [0, 0.1) is 5.41 Å². The number of aromatic amines is 1. The topological polar surface area (TPSA) is 104 Å². The number of ether oxygens (including phenoxy) is 1. The lowest BCUT2D eigenvalue weighted by molar-refractivity contribution is -0.0578. The van der Waals surface area contributed by atoms with Crippen molar-refractivity contribution in [3.8, 4) is 0 Å². The second-order valence-electron chi connectivity index (χ2n) is 8.09. The van der Waals surface area contributed by atoms with E-state index in [9.17, 15) is 13.2 Å². The molecule has 0 radical (unpaired) electrons. The number of nitrogens with zero attached hydrogens (tertiary/aromatic N) is 3. The Bertz CT molecular complexity index is 1240. The van der Waals surface area contributed by atoms with Crippen LogP contribution in [-0.4, -0.2) is 53.1 Å². The fourth-order valence-corrected chi connectivity index (χ4v) is 4.65. The number of anilines is 1. The van der Waals surface area contributed by atoms with Crippen molar-refractivity contribution in [2.24, 2.45) is 5.73 Å². The monoisotopic (exact) mass is 444 g/mol. The molecule has 0 unspecified atom stereocenters. The van der Waals surface area contributed by atoms with Gasteiger partial charge in [0.15, 0.2) is 0 Å². The lowest BCUT2D eigenvalue weighted by Gasteiger charge is -2.26. The molecule has 1 aliphatic heterocycles. The molecule has 0 bridgehead atoms. The zero-order chi connectivity index (χ0) is 22.5. The van der Waals surface area contributed by atoms with Crippen molar-refractivity contribution >= 4 is 39.2 Å². The number of pyridine rings is 1. The molecule has 0 amide bonds. The fourth-order valence-electron chi connectivity index (χ4n) is 4.65. The maximum absolute atomic E-state index is 13.3. The van der Waals surface area contributed by atoms with E-state index in [1.807, 2.05) is 6.07 Å². The van der Waals surface area contributed by atoms with Crippen molar-refractivity contribution in [2.75, 3.05) is 31.2 Å². The molecule has 1 fully saturated rings. The van der Waals surface area contributed by atoms with Crippen molar-refractivity contribution in [3.05, 3.63) is 35.2 Å². The number of hydrogen-bond acceptors (Lipinski definition) is 6. The highest BCUT2D eigenvalue weighted by Gasteiger charge is 2.38. The largest absolute Gasteiger partial charge is 0.433 e. The molecule has 168 valence electrons. The minimum absolute atomic E-state index is 0.153. The first kappa shape index (κ1) is 20.7. The van der Waals surface area contributed by atoms with E-state index in [0.717, 1.165) is 72.0 Å². The molecule has 5 rings (SSSR count). The van der Waals surface area contributed by atoms with Crippen LogP contribution in [0.5, 0.6) is 0 Å². The first-order valence-corrected chi connectivity index (χ1v) is 10.6. The lowest BCUT2D eigenvalue weighted by Crippen LogP contribution is -2.36. The highest BCUT2D eigenvalue weighted by molar-refractivity contribution is 6.25. The number of fused-ring (bicyclic) bond motifs is 5. The maximum atomic E-state index is 13.3. The van der Waals surface area contributed by atoms with Crippen LogP contribution in [0.25, 0.3) is 27.5 Å². The second kappa shape index (κ2) is 7.77. The van der Waals surface area contributed by atoms with Gasteiger partial charge in [-0.25, -0.2) is 9.97 Å². The standard InChI is InChI=1S/C22H23F3N6O/c23-22(24,25)20(27)14(11-26)18-13-4-2-1-3-12(13)17-15(28-18)5-6-16-19(17)30-21(29-16)31-7-9-32-10-8-31/h5-6,11,27H,1-4,7-10,26H2,(H,29,30)/b14-11-,27-20?. The summed E-state index contributed by atoms with van der Waals surface area (Å²) in [4.78, 5) is 14.9. The summed E-state index contributed by atoms with van der Waals surface area (Å²) in [5.74, 6) is 0.755. The molecule has 32 heavy (non-hydrogen) atoms. The zero-order valence-electron chi connectivity index (χ0n) is 17.4. The van der Waals surface area contributed by atoms with Crippen LogP contribution in [-0.2, 0) is 17.6 Å². The second-order valence-corrected chi connectivity index (χ2v) is 8.09. The smallest absolute Gasteiger partial charge is 0.404 e. The summed E-state index contributed by atoms with van der Waals surface area (Å²) in [7, 11) is 0. The summed E-state index contributed by atoms with van der Waals surface area (Å²) < 4.78 is 45.4. The SMILES string of the molecule is N=C(/C(=C\N)c1nc2ccc3[nH]c(N4CCOCC4)nc3c2c2c1CCCC2)C(F)(F)F. The van der Waals surface area contributed by atoms with Crippen molar-refractivity contribution in [1.82, 2.24) is 15.0 Å². The number of aromatic nitrogens is 3. The first-order valence-electron chi connectivity index (χ1n) is 10.6. The van der Waals surface area contributed by atoms with Gasteiger partial charge in [-0.3, -0.25) is 5.41 Å². The van der Waals surface area contributed by atoms with Crippen LogP contribution in [0.2, 0.25) is 0 Å². The normalized spacial score (nSPS) is 17.7. The molecule has 7 nitrogen and oxygen atoms in total. The third-order valence-electron chi connectivity index (χ3n) is 6.19. The highest BCUT2D eigenvalue weighted by atomic mass is 19.4. The van der Waals surface area contributed by atoms with Gasteiger partial charge in [0, 0.05) is 30.2 Å². The molecule has 2 aliphatic rings.